The molecule has 0 aliphatic heterocycles. The summed E-state index contributed by atoms with van der Waals surface area (Å²) in [6, 6.07) is 2.92. The second-order valence-corrected chi connectivity index (χ2v) is 3.90. The first-order valence-corrected chi connectivity index (χ1v) is 5.61. The highest BCUT2D eigenvalue weighted by Crippen LogP contribution is 2.31. The van der Waals surface area contributed by atoms with Crippen molar-refractivity contribution in [2.75, 3.05) is 17.7 Å². The van der Waals surface area contributed by atoms with Crippen LogP contribution in [0.1, 0.15) is 15.9 Å². The smallest absolute Gasteiger partial charge is 0.387 e. The number of aromatic nitrogens is 2. The molecule has 0 saturated carbocycles. The fourth-order valence-electron chi connectivity index (χ4n) is 1.63. The molecule has 2 rings (SSSR count). The van der Waals surface area contributed by atoms with E-state index in [9.17, 15) is 18.0 Å². The Morgan fingerprint density at radius 2 is 2.10 bits per heavy atom. The number of carbonyl (C=O) groups excluding carboxylic acids is 1. The second-order valence-electron chi connectivity index (χ2n) is 3.90. The first-order valence-electron chi connectivity index (χ1n) is 5.61. The Balaban J connectivity index is 2.35. The summed E-state index contributed by atoms with van der Waals surface area (Å²) in [6.45, 7) is 0. The lowest BCUT2D eigenvalue weighted by Gasteiger charge is -2.12. The average molecular weight is 284 g/mol. The van der Waals surface area contributed by atoms with E-state index in [0.29, 0.717) is 5.69 Å². The molecule has 5 nitrogen and oxygen atoms in total. The Bertz CT molecular complexity index is 608. The molecule has 20 heavy (non-hydrogen) atoms. The van der Waals surface area contributed by atoms with Gasteiger partial charge in [0.05, 0.1) is 11.1 Å². The number of benzene rings is 1. The van der Waals surface area contributed by atoms with Gasteiger partial charge in [-0.05, 0) is 18.2 Å². The summed E-state index contributed by atoms with van der Waals surface area (Å²) in [5.74, 6) is -0.523. The van der Waals surface area contributed by atoms with Crippen molar-refractivity contribution in [1.29, 1.82) is 0 Å². The normalized spacial score (nSPS) is 11.2. The summed E-state index contributed by atoms with van der Waals surface area (Å²) in [5, 5.41) is 5.05. The van der Waals surface area contributed by atoms with Crippen LogP contribution in [-0.4, -0.2) is 22.9 Å². The van der Waals surface area contributed by atoms with Gasteiger partial charge in [0.2, 0.25) is 5.95 Å². The quantitative estimate of drug-likeness (QED) is 0.811. The fraction of sp³-hybridized carbons (Fsp3) is 0.167. The van der Waals surface area contributed by atoms with Crippen molar-refractivity contribution >= 4 is 17.5 Å². The lowest BCUT2D eigenvalue weighted by molar-refractivity contribution is -0.137. The summed E-state index contributed by atoms with van der Waals surface area (Å²) in [6.07, 6.45) is -1.60. The molecule has 0 fully saturated rings. The van der Waals surface area contributed by atoms with E-state index in [-0.39, 0.29) is 11.5 Å². The van der Waals surface area contributed by atoms with Crippen LogP contribution in [0.15, 0.2) is 30.6 Å². The van der Waals surface area contributed by atoms with Crippen LogP contribution in [0.3, 0.4) is 0 Å². The van der Waals surface area contributed by atoms with Crippen molar-refractivity contribution in [3.63, 3.8) is 0 Å². The SMILES string of the molecule is CNc1ccc(C(F)(F)F)cc1C(=O)Nc1ncc[nH]1. The molecular formula is C12H11F3N4O. The monoisotopic (exact) mass is 284 g/mol. The van der Waals surface area contributed by atoms with Crippen molar-refractivity contribution in [2.24, 2.45) is 0 Å². The van der Waals surface area contributed by atoms with Gasteiger partial charge in [-0.1, -0.05) is 0 Å². The highest BCUT2D eigenvalue weighted by Gasteiger charge is 2.31. The minimum absolute atomic E-state index is 0.112. The number of amides is 1. The molecule has 0 bridgehead atoms. The second kappa shape index (κ2) is 5.24. The molecule has 0 aliphatic rings. The van der Waals surface area contributed by atoms with E-state index >= 15 is 0 Å². The molecule has 1 heterocycles. The molecule has 106 valence electrons. The highest BCUT2D eigenvalue weighted by molar-refractivity contribution is 6.07. The maximum atomic E-state index is 12.7. The number of halogens is 3. The molecule has 1 aromatic carbocycles. The van der Waals surface area contributed by atoms with Crippen LogP contribution in [-0.2, 0) is 6.18 Å². The lowest BCUT2D eigenvalue weighted by Crippen LogP contribution is -2.16. The van der Waals surface area contributed by atoms with Gasteiger partial charge < -0.3 is 10.3 Å². The average Bonchev–Trinajstić information content (AvgIpc) is 2.89. The third-order valence-corrected chi connectivity index (χ3v) is 2.59. The topological polar surface area (TPSA) is 69.8 Å². The zero-order chi connectivity index (χ0) is 14.8. The summed E-state index contributed by atoms with van der Waals surface area (Å²) >= 11 is 0. The Hall–Kier alpha value is -2.51. The van der Waals surface area contributed by atoms with Gasteiger partial charge in [-0.3, -0.25) is 10.1 Å². The molecule has 1 amide bonds. The van der Waals surface area contributed by atoms with Gasteiger partial charge in [-0.25, -0.2) is 4.98 Å². The van der Waals surface area contributed by atoms with E-state index in [2.05, 4.69) is 20.6 Å². The summed E-state index contributed by atoms with van der Waals surface area (Å²) in [7, 11) is 1.52. The molecule has 8 heteroatoms. The van der Waals surface area contributed by atoms with Crippen LogP contribution >= 0.6 is 0 Å². The first-order chi connectivity index (χ1) is 9.41. The van der Waals surface area contributed by atoms with Crippen LogP contribution < -0.4 is 10.6 Å². The van der Waals surface area contributed by atoms with Crippen molar-refractivity contribution in [2.45, 2.75) is 6.18 Å². The zero-order valence-electron chi connectivity index (χ0n) is 10.4. The fourth-order valence-corrected chi connectivity index (χ4v) is 1.63. The molecule has 0 unspecified atom stereocenters. The van der Waals surface area contributed by atoms with Crippen molar-refractivity contribution < 1.29 is 18.0 Å². The third-order valence-electron chi connectivity index (χ3n) is 2.59. The lowest BCUT2D eigenvalue weighted by atomic mass is 10.1. The highest BCUT2D eigenvalue weighted by atomic mass is 19.4. The number of hydrogen-bond acceptors (Lipinski definition) is 3. The number of nitrogens with one attached hydrogen (secondary N) is 3. The van der Waals surface area contributed by atoms with Gasteiger partial charge in [0, 0.05) is 25.1 Å². The number of alkyl halides is 3. The number of anilines is 2. The van der Waals surface area contributed by atoms with Crippen LogP contribution in [0, 0.1) is 0 Å². The van der Waals surface area contributed by atoms with Gasteiger partial charge in [0.15, 0.2) is 0 Å². The first kappa shape index (κ1) is 13.9. The largest absolute Gasteiger partial charge is 0.416 e. The number of hydrogen-bond donors (Lipinski definition) is 3. The molecule has 0 aliphatic carbocycles. The zero-order valence-corrected chi connectivity index (χ0v) is 10.4. The molecule has 2 aromatic rings. The summed E-state index contributed by atoms with van der Waals surface area (Å²) in [4.78, 5) is 18.4. The van der Waals surface area contributed by atoms with Crippen LogP contribution in [0.4, 0.5) is 24.8 Å². The maximum Gasteiger partial charge on any atom is 0.416 e. The predicted octanol–water partition coefficient (Wildman–Crippen LogP) is 2.72. The van der Waals surface area contributed by atoms with E-state index in [1.165, 1.54) is 25.5 Å². The molecule has 0 saturated heterocycles. The van der Waals surface area contributed by atoms with E-state index in [1.54, 1.807) is 0 Å². The Morgan fingerprint density at radius 3 is 2.65 bits per heavy atom. The molecule has 1 aromatic heterocycles. The van der Waals surface area contributed by atoms with E-state index in [4.69, 9.17) is 0 Å². The standard InChI is InChI=1S/C12H11F3N4O/c1-16-9-3-2-7(12(13,14)15)6-8(9)10(20)19-11-17-4-5-18-11/h2-6,16H,1H3,(H2,17,18,19,20). The van der Waals surface area contributed by atoms with Gasteiger partial charge >= 0.3 is 6.18 Å². The van der Waals surface area contributed by atoms with Crippen molar-refractivity contribution in [3.05, 3.63) is 41.7 Å². The van der Waals surface area contributed by atoms with Gasteiger partial charge in [-0.2, -0.15) is 13.2 Å². The number of rotatable bonds is 3. The van der Waals surface area contributed by atoms with Crippen molar-refractivity contribution in [3.8, 4) is 0 Å². The van der Waals surface area contributed by atoms with Gasteiger partial charge in [0.25, 0.3) is 5.91 Å². The van der Waals surface area contributed by atoms with Crippen molar-refractivity contribution in [1.82, 2.24) is 9.97 Å². The molecule has 0 atom stereocenters. The Kier molecular flexibility index (Phi) is 3.64. The summed E-state index contributed by atoms with van der Waals surface area (Å²) in [5.41, 5.74) is -0.707. The third kappa shape index (κ3) is 2.90. The number of imidazole rings is 1. The predicted molar refractivity (Wildman–Crippen MR) is 67.5 cm³/mol. The molecule has 0 spiro atoms. The molecule has 0 radical (unpaired) electrons. The minimum Gasteiger partial charge on any atom is -0.387 e. The van der Waals surface area contributed by atoms with Crippen LogP contribution in [0.25, 0.3) is 0 Å². The van der Waals surface area contributed by atoms with Gasteiger partial charge in [0.1, 0.15) is 0 Å². The molecular weight excluding hydrogens is 273 g/mol. The number of nitrogens with zero attached hydrogens (tertiary/aromatic N) is 1. The van der Waals surface area contributed by atoms with Crippen LogP contribution in [0.5, 0.6) is 0 Å². The van der Waals surface area contributed by atoms with E-state index < -0.39 is 17.6 Å². The Labute approximate surface area is 112 Å². The van der Waals surface area contributed by atoms with E-state index in [0.717, 1.165) is 12.1 Å². The number of H-pyrrole nitrogens is 1. The minimum atomic E-state index is -4.51. The van der Waals surface area contributed by atoms with Gasteiger partial charge in [-0.15, -0.1) is 0 Å². The molecule has 3 N–H and O–H groups in total. The number of aromatic amines is 1. The number of carbonyl (C=O) groups is 1. The van der Waals surface area contributed by atoms with Crippen LogP contribution in [0.2, 0.25) is 0 Å². The maximum absolute atomic E-state index is 12.7. The van der Waals surface area contributed by atoms with E-state index in [1.807, 2.05) is 0 Å². The summed E-state index contributed by atoms with van der Waals surface area (Å²) < 4.78 is 38.0. The Morgan fingerprint density at radius 1 is 1.35 bits per heavy atom.